The number of nitrogens with zero attached hydrogens (tertiary/aromatic N) is 1. The number of pyridine rings is 1. The number of methoxy groups -OCH3 is 1. The van der Waals surface area contributed by atoms with Gasteiger partial charge in [-0.05, 0) is 41.1 Å². The number of Topliss-reactive ketones (excluding diaryl/α,β-unsaturated/α-hetero) is 1. The topological polar surface area (TPSA) is 65.5 Å². The molecule has 5 heteroatoms. The van der Waals surface area contributed by atoms with Gasteiger partial charge in [-0.25, -0.2) is 9.78 Å². The third-order valence-corrected chi connectivity index (χ3v) is 5.71. The third kappa shape index (κ3) is 4.24. The maximum atomic E-state index is 13.0. The molecule has 1 aromatic heterocycles. The molecule has 0 unspecified atom stereocenters. The lowest BCUT2D eigenvalue weighted by Crippen LogP contribution is -2.15. The van der Waals surface area contributed by atoms with Crippen LogP contribution < -0.4 is 4.74 Å². The average molecular weight is 447 g/mol. The van der Waals surface area contributed by atoms with Crippen LogP contribution in [0.4, 0.5) is 0 Å². The Morgan fingerprint density at radius 3 is 2.35 bits per heavy atom. The van der Waals surface area contributed by atoms with E-state index in [1.165, 1.54) is 0 Å². The van der Waals surface area contributed by atoms with Crippen molar-refractivity contribution in [1.82, 2.24) is 4.98 Å². The second-order valence-electron chi connectivity index (χ2n) is 7.87. The van der Waals surface area contributed by atoms with Crippen LogP contribution in [0.25, 0.3) is 32.9 Å². The van der Waals surface area contributed by atoms with Crippen molar-refractivity contribution in [1.29, 1.82) is 0 Å². The standard InChI is InChI=1S/C29H21NO4/c1-33-23-14-13-20-15-22(12-11-21(20)16-23)28(31)18-34-29(32)25-17-27(19-7-3-2-4-8-19)30-26-10-6-5-9-24(25)26/h2-17H,18H2,1H3. The highest BCUT2D eigenvalue weighted by Gasteiger charge is 2.17. The van der Waals surface area contributed by atoms with E-state index in [0.717, 1.165) is 22.1 Å². The van der Waals surface area contributed by atoms with Crippen molar-refractivity contribution in [3.8, 4) is 17.0 Å². The molecule has 166 valence electrons. The summed E-state index contributed by atoms with van der Waals surface area (Å²) >= 11 is 0. The van der Waals surface area contributed by atoms with Crippen molar-refractivity contribution in [2.75, 3.05) is 13.7 Å². The van der Waals surface area contributed by atoms with Gasteiger partial charge in [-0.1, -0.05) is 66.7 Å². The summed E-state index contributed by atoms with van der Waals surface area (Å²) < 4.78 is 10.7. The number of carbonyl (C=O) groups is 2. The summed E-state index contributed by atoms with van der Waals surface area (Å²) in [5, 5.41) is 2.55. The first-order valence-corrected chi connectivity index (χ1v) is 10.9. The molecule has 0 N–H and O–H groups in total. The van der Waals surface area contributed by atoms with Crippen molar-refractivity contribution in [3.05, 3.63) is 108 Å². The minimum Gasteiger partial charge on any atom is -0.497 e. The van der Waals surface area contributed by atoms with E-state index in [0.29, 0.717) is 27.7 Å². The molecule has 5 nitrogen and oxygen atoms in total. The van der Waals surface area contributed by atoms with Crippen LogP contribution in [0.5, 0.6) is 5.75 Å². The zero-order valence-electron chi connectivity index (χ0n) is 18.5. The zero-order chi connectivity index (χ0) is 23.5. The van der Waals surface area contributed by atoms with Crippen LogP contribution in [0, 0.1) is 0 Å². The molecule has 5 rings (SSSR count). The molecular weight excluding hydrogens is 426 g/mol. The Morgan fingerprint density at radius 2 is 1.53 bits per heavy atom. The molecule has 1 heterocycles. The molecule has 0 radical (unpaired) electrons. The summed E-state index contributed by atoms with van der Waals surface area (Å²) in [6, 6.07) is 29.8. The molecule has 0 aliphatic rings. The van der Waals surface area contributed by atoms with E-state index < -0.39 is 5.97 Å². The fourth-order valence-corrected chi connectivity index (χ4v) is 3.92. The summed E-state index contributed by atoms with van der Waals surface area (Å²) in [6.45, 7) is -0.349. The van der Waals surface area contributed by atoms with E-state index >= 15 is 0 Å². The Kier molecular flexibility index (Phi) is 5.75. The third-order valence-electron chi connectivity index (χ3n) is 5.71. The molecule has 0 saturated heterocycles. The van der Waals surface area contributed by atoms with Gasteiger partial charge in [0, 0.05) is 16.5 Å². The first-order valence-electron chi connectivity index (χ1n) is 10.9. The van der Waals surface area contributed by atoms with Gasteiger partial charge in [-0.3, -0.25) is 4.79 Å². The van der Waals surface area contributed by atoms with E-state index in [1.807, 2.05) is 78.9 Å². The van der Waals surface area contributed by atoms with Crippen LogP contribution in [-0.2, 0) is 4.74 Å². The lowest BCUT2D eigenvalue weighted by Gasteiger charge is -2.10. The van der Waals surface area contributed by atoms with Gasteiger partial charge in [0.1, 0.15) is 5.75 Å². The number of hydrogen-bond donors (Lipinski definition) is 0. The summed E-state index contributed by atoms with van der Waals surface area (Å²) in [4.78, 5) is 30.5. The van der Waals surface area contributed by atoms with Gasteiger partial charge in [0.05, 0.1) is 23.9 Å². The summed E-state index contributed by atoms with van der Waals surface area (Å²) in [6.07, 6.45) is 0. The normalized spacial score (nSPS) is 10.9. The minimum atomic E-state index is -0.561. The van der Waals surface area contributed by atoms with E-state index in [4.69, 9.17) is 9.47 Å². The van der Waals surface area contributed by atoms with Gasteiger partial charge in [0.15, 0.2) is 12.4 Å². The predicted molar refractivity (Wildman–Crippen MR) is 132 cm³/mol. The van der Waals surface area contributed by atoms with Crippen molar-refractivity contribution in [2.24, 2.45) is 0 Å². The molecule has 34 heavy (non-hydrogen) atoms. The lowest BCUT2D eigenvalue weighted by molar-refractivity contribution is 0.0477. The van der Waals surface area contributed by atoms with Gasteiger partial charge >= 0.3 is 5.97 Å². The van der Waals surface area contributed by atoms with Crippen molar-refractivity contribution >= 4 is 33.4 Å². The summed E-state index contributed by atoms with van der Waals surface area (Å²) in [7, 11) is 1.61. The van der Waals surface area contributed by atoms with Gasteiger partial charge in [-0.15, -0.1) is 0 Å². The Labute approximate surface area is 196 Å². The van der Waals surface area contributed by atoms with Crippen LogP contribution in [-0.4, -0.2) is 30.5 Å². The maximum absolute atomic E-state index is 13.0. The second-order valence-corrected chi connectivity index (χ2v) is 7.87. The van der Waals surface area contributed by atoms with Crippen LogP contribution in [0.15, 0.2) is 97.1 Å². The zero-order valence-corrected chi connectivity index (χ0v) is 18.5. The molecule has 0 atom stereocenters. The highest BCUT2D eigenvalue weighted by molar-refractivity contribution is 6.06. The van der Waals surface area contributed by atoms with Crippen LogP contribution in [0.2, 0.25) is 0 Å². The monoisotopic (exact) mass is 447 g/mol. The number of ketones is 1. The number of rotatable bonds is 6. The Bertz CT molecular complexity index is 1530. The van der Waals surface area contributed by atoms with Gasteiger partial charge < -0.3 is 9.47 Å². The lowest BCUT2D eigenvalue weighted by atomic mass is 10.0. The minimum absolute atomic E-state index is 0.271. The van der Waals surface area contributed by atoms with E-state index in [2.05, 4.69) is 4.98 Å². The highest BCUT2D eigenvalue weighted by atomic mass is 16.5. The predicted octanol–water partition coefficient (Wildman–Crippen LogP) is 6.10. The number of fused-ring (bicyclic) bond motifs is 2. The average Bonchev–Trinajstić information content (AvgIpc) is 2.90. The van der Waals surface area contributed by atoms with E-state index in [-0.39, 0.29) is 12.4 Å². The number of carbonyl (C=O) groups excluding carboxylic acids is 2. The fraction of sp³-hybridized carbons (Fsp3) is 0.0690. The molecule has 5 aromatic rings. The van der Waals surface area contributed by atoms with Crippen LogP contribution in [0.3, 0.4) is 0 Å². The first kappa shape index (κ1) is 21.3. The number of para-hydroxylation sites is 1. The van der Waals surface area contributed by atoms with Gasteiger partial charge in [-0.2, -0.15) is 0 Å². The number of esters is 1. The number of hydrogen-bond acceptors (Lipinski definition) is 5. The summed E-state index contributed by atoms with van der Waals surface area (Å²) in [5.74, 6) is -0.0812. The van der Waals surface area contributed by atoms with Crippen molar-refractivity contribution in [3.63, 3.8) is 0 Å². The van der Waals surface area contributed by atoms with Crippen LogP contribution in [0.1, 0.15) is 20.7 Å². The van der Waals surface area contributed by atoms with Gasteiger partial charge in [0.2, 0.25) is 0 Å². The molecule has 0 fully saturated rings. The highest BCUT2D eigenvalue weighted by Crippen LogP contribution is 2.26. The smallest absolute Gasteiger partial charge is 0.339 e. The van der Waals surface area contributed by atoms with Crippen molar-refractivity contribution < 1.29 is 19.1 Å². The number of aromatic nitrogens is 1. The van der Waals surface area contributed by atoms with E-state index in [9.17, 15) is 9.59 Å². The number of ether oxygens (including phenoxy) is 2. The molecule has 0 aliphatic carbocycles. The molecular formula is C29H21NO4. The number of benzene rings is 4. The quantitative estimate of drug-likeness (QED) is 0.232. The molecule has 4 aromatic carbocycles. The molecule has 0 aliphatic heterocycles. The maximum Gasteiger partial charge on any atom is 0.339 e. The molecule has 0 amide bonds. The SMILES string of the molecule is COc1ccc2cc(C(=O)COC(=O)c3cc(-c4ccccc4)nc4ccccc34)ccc2c1. The Balaban J connectivity index is 1.39. The van der Waals surface area contributed by atoms with Crippen LogP contribution >= 0.6 is 0 Å². The largest absolute Gasteiger partial charge is 0.497 e. The second kappa shape index (κ2) is 9.16. The Hall–Kier alpha value is -4.51. The van der Waals surface area contributed by atoms with Gasteiger partial charge in [0.25, 0.3) is 0 Å². The molecule has 0 spiro atoms. The fourth-order valence-electron chi connectivity index (χ4n) is 3.92. The first-order chi connectivity index (χ1) is 16.6. The summed E-state index contributed by atoms with van der Waals surface area (Å²) in [5.41, 5.74) is 3.11. The molecule has 0 bridgehead atoms. The Morgan fingerprint density at radius 1 is 0.794 bits per heavy atom. The van der Waals surface area contributed by atoms with Crippen molar-refractivity contribution in [2.45, 2.75) is 0 Å². The molecule has 0 saturated carbocycles. The van der Waals surface area contributed by atoms with E-state index in [1.54, 1.807) is 25.3 Å².